The highest BCUT2D eigenvalue weighted by Crippen LogP contribution is 2.43. The second-order valence-electron chi connectivity index (χ2n) is 14.7. The van der Waals surface area contributed by atoms with Crippen molar-refractivity contribution in [2.24, 2.45) is 5.92 Å². The highest BCUT2D eigenvalue weighted by Gasteiger charge is 2.52. The summed E-state index contributed by atoms with van der Waals surface area (Å²) in [5.74, 6) is -2.05. The number of fused-ring (bicyclic) bond motifs is 3. The smallest absolute Gasteiger partial charge is 0.350 e. The van der Waals surface area contributed by atoms with Gasteiger partial charge in [0.15, 0.2) is 5.65 Å². The Morgan fingerprint density at radius 3 is 2.48 bits per heavy atom. The molecule has 2 aliphatic rings. The van der Waals surface area contributed by atoms with E-state index >= 15 is 0 Å². The van der Waals surface area contributed by atoms with Gasteiger partial charge in [0.25, 0.3) is 11.8 Å². The van der Waals surface area contributed by atoms with Gasteiger partial charge in [-0.05, 0) is 79.9 Å². The number of nitrogens with zero attached hydrogens (tertiary/aromatic N) is 6. The Hall–Kier alpha value is -7.46. The van der Waals surface area contributed by atoms with Gasteiger partial charge >= 0.3 is 12.0 Å². The molecule has 2 fully saturated rings. The third-order valence-electron chi connectivity index (χ3n) is 11.0. The predicted molar refractivity (Wildman–Crippen MR) is 229 cm³/mol. The van der Waals surface area contributed by atoms with Crippen molar-refractivity contribution in [2.75, 3.05) is 29.4 Å². The number of imidazole rings is 1. The summed E-state index contributed by atoms with van der Waals surface area (Å²) < 4.78 is 11.4. The molecule has 0 radical (unpaired) electrons. The summed E-state index contributed by atoms with van der Waals surface area (Å²) in [6.07, 6.45) is 5.26. The van der Waals surface area contributed by atoms with Crippen molar-refractivity contribution >= 4 is 74.6 Å². The van der Waals surface area contributed by atoms with Gasteiger partial charge in [-0.2, -0.15) is 5.01 Å². The van der Waals surface area contributed by atoms with Crippen LogP contribution in [-0.4, -0.2) is 74.1 Å². The minimum absolute atomic E-state index is 0.00682. The largest absolute Gasteiger partial charge is 0.506 e. The summed E-state index contributed by atoms with van der Waals surface area (Å²) in [5.41, 5.74) is 3.30. The molecular formula is C45H38N8O7S. The number of hydrazine groups is 1. The van der Waals surface area contributed by atoms with Gasteiger partial charge in [0.05, 0.1) is 53.6 Å². The maximum absolute atomic E-state index is 14.6. The zero-order chi connectivity index (χ0) is 42.4. The van der Waals surface area contributed by atoms with Crippen LogP contribution in [0.3, 0.4) is 0 Å². The van der Waals surface area contributed by atoms with Gasteiger partial charge < -0.3 is 24.9 Å². The van der Waals surface area contributed by atoms with Crippen molar-refractivity contribution in [2.45, 2.75) is 42.1 Å². The number of phenolic OH excluding ortho intramolecular Hbond substituents is 1. The number of amides is 4. The molecule has 5 aromatic carbocycles. The number of rotatable bonds is 9. The van der Waals surface area contributed by atoms with Crippen LogP contribution in [-0.2, 0) is 4.79 Å². The van der Waals surface area contributed by atoms with Crippen LogP contribution in [0.15, 0.2) is 120 Å². The van der Waals surface area contributed by atoms with Crippen LogP contribution in [0.25, 0.3) is 21.9 Å². The molecule has 1 aliphatic carbocycles. The summed E-state index contributed by atoms with van der Waals surface area (Å²) in [4.78, 5) is 74.6. The number of hydrogen-bond acceptors (Lipinski definition) is 12. The Morgan fingerprint density at radius 2 is 1.67 bits per heavy atom. The average Bonchev–Trinajstić information content (AvgIpc) is 4.03. The quantitative estimate of drug-likeness (QED) is 0.0722. The van der Waals surface area contributed by atoms with Crippen molar-refractivity contribution in [3.8, 4) is 17.2 Å². The van der Waals surface area contributed by atoms with Gasteiger partial charge in [-0.3, -0.25) is 19.5 Å². The molecule has 1 saturated heterocycles. The number of urea groups is 1. The minimum Gasteiger partial charge on any atom is -0.506 e. The number of esters is 1. The molecule has 0 spiro atoms. The number of aromatic amines is 1. The van der Waals surface area contributed by atoms with Crippen molar-refractivity contribution in [1.82, 2.24) is 24.9 Å². The highest BCUT2D eigenvalue weighted by molar-refractivity contribution is 7.99. The number of benzene rings is 5. The third kappa shape index (κ3) is 7.09. The molecule has 7 aromatic rings. The Labute approximate surface area is 353 Å². The number of aryl methyl sites for hydroxylation is 1. The highest BCUT2D eigenvalue weighted by atomic mass is 32.2. The zero-order valence-corrected chi connectivity index (χ0v) is 34.0. The lowest BCUT2D eigenvalue weighted by atomic mass is 10.0. The van der Waals surface area contributed by atoms with Gasteiger partial charge in [-0.15, -0.1) is 0 Å². The van der Waals surface area contributed by atoms with Crippen LogP contribution in [0.4, 0.5) is 21.9 Å². The molecule has 3 heterocycles. The number of anilines is 3. The van der Waals surface area contributed by atoms with Crippen molar-refractivity contribution in [3.63, 3.8) is 0 Å². The van der Waals surface area contributed by atoms with E-state index in [4.69, 9.17) is 9.47 Å². The zero-order valence-electron chi connectivity index (χ0n) is 33.2. The van der Waals surface area contributed by atoms with E-state index in [0.717, 1.165) is 23.3 Å². The van der Waals surface area contributed by atoms with E-state index in [0.29, 0.717) is 45.1 Å². The van der Waals surface area contributed by atoms with Gasteiger partial charge in [-0.25, -0.2) is 24.5 Å². The molecule has 3 N–H and O–H groups in total. The first-order valence-corrected chi connectivity index (χ1v) is 20.3. The van der Waals surface area contributed by atoms with E-state index < -0.39 is 17.9 Å². The molecule has 1 saturated carbocycles. The van der Waals surface area contributed by atoms with Gasteiger partial charge in [-0.1, -0.05) is 60.6 Å². The molecule has 0 bridgehead atoms. The van der Waals surface area contributed by atoms with Crippen molar-refractivity contribution in [1.29, 1.82) is 0 Å². The molecule has 306 valence electrons. The topological polar surface area (TPSA) is 183 Å². The summed E-state index contributed by atoms with van der Waals surface area (Å²) in [6.45, 7) is 1.87. The predicted octanol–water partition coefficient (Wildman–Crippen LogP) is 8.14. The lowest BCUT2D eigenvalue weighted by Gasteiger charge is -2.34. The first-order valence-electron chi connectivity index (χ1n) is 19.5. The Morgan fingerprint density at radius 1 is 0.902 bits per heavy atom. The van der Waals surface area contributed by atoms with E-state index in [1.807, 2.05) is 37.3 Å². The van der Waals surface area contributed by atoms with E-state index in [9.17, 15) is 24.3 Å². The van der Waals surface area contributed by atoms with Crippen LogP contribution >= 0.6 is 11.8 Å². The SMILES string of the molecule is COc1ccc(C)cc1NC(=O)c1cc(OC(=O)c2ccccc2N(C)C(=O)N2C(=O)C3CCCC3N2c2ccc(Sc3ncnc4[nH]cnc34)cc2)c2ccccc2c1O. The number of aromatic hydroxyl groups is 1. The summed E-state index contributed by atoms with van der Waals surface area (Å²) in [7, 11) is 2.99. The van der Waals surface area contributed by atoms with Gasteiger partial charge in [0.2, 0.25) is 0 Å². The second-order valence-corrected chi connectivity index (χ2v) is 15.8. The Bertz CT molecular complexity index is 2890. The van der Waals surface area contributed by atoms with Crippen LogP contribution in [0.1, 0.15) is 45.5 Å². The second kappa shape index (κ2) is 16.0. The number of phenols is 1. The molecule has 61 heavy (non-hydrogen) atoms. The summed E-state index contributed by atoms with van der Waals surface area (Å²) in [6, 6.07) is 26.4. The monoisotopic (exact) mass is 834 g/mol. The molecule has 2 unspecified atom stereocenters. The van der Waals surface area contributed by atoms with Crippen LogP contribution in [0, 0.1) is 12.8 Å². The van der Waals surface area contributed by atoms with E-state index in [1.54, 1.807) is 65.9 Å². The number of ether oxygens (including phenoxy) is 2. The number of carbonyl (C=O) groups excluding carboxylic acids is 4. The number of aromatic nitrogens is 4. The summed E-state index contributed by atoms with van der Waals surface area (Å²) >= 11 is 1.42. The van der Waals surface area contributed by atoms with Crippen LogP contribution in [0.5, 0.6) is 17.2 Å². The van der Waals surface area contributed by atoms with E-state index in [1.165, 1.54) is 54.3 Å². The minimum atomic E-state index is -0.830. The molecule has 2 atom stereocenters. The van der Waals surface area contributed by atoms with Crippen LogP contribution in [0.2, 0.25) is 0 Å². The normalized spacial score (nSPS) is 15.9. The molecule has 1 aliphatic heterocycles. The Balaban J connectivity index is 0.992. The van der Waals surface area contributed by atoms with Gasteiger partial charge in [0.1, 0.15) is 34.1 Å². The number of methoxy groups -OCH3 is 1. The Kier molecular flexibility index (Phi) is 10.2. The molecule has 9 rings (SSSR count). The first kappa shape index (κ1) is 39.0. The number of para-hydroxylation sites is 1. The van der Waals surface area contributed by atoms with Crippen molar-refractivity contribution in [3.05, 3.63) is 126 Å². The summed E-state index contributed by atoms with van der Waals surface area (Å²) in [5, 5.41) is 18.4. The molecule has 2 aromatic heterocycles. The lowest BCUT2D eigenvalue weighted by Crippen LogP contribution is -2.51. The van der Waals surface area contributed by atoms with Gasteiger partial charge in [0, 0.05) is 22.7 Å². The number of nitrogens with one attached hydrogen (secondary N) is 2. The molecule has 4 amide bonds. The maximum atomic E-state index is 14.6. The standard InChI is InChI=1S/C45H38N8O7S/c1-25-15-20-36(59-3)33(21-25)50-41(55)32-22-37(28-9-4-5-10-29(28)39(32)54)60-44(57)31-11-6-7-13-34(31)51(2)45(58)53-43(56)30-12-8-14-35(30)52(53)26-16-18-27(19-17-26)61-42-38-40(47-23-46-38)48-24-49-42/h4-7,9-11,13,15-24,30,35,54H,8,12,14H2,1-3H3,(H,50,55)(H,46,47,48,49). The van der Waals surface area contributed by atoms with E-state index in [2.05, 4.69) is 25.3 Å². The fourth-order valence-corrected chi connectivity index (χ4v) is 8.90. The number of imide groups is 1. The van der Waals surface area contributed by atoms with Crippen LogP contribution < -0.4 is 24.7 Å². The van der Waals surface area contributed by atoms with Crippen molar-refractivity contribution < 1.29 is 33.8 Å². The number of carbonyl (C=O) groups is 4. The van der Waals surface area contributed by atoms with E-state index in [-0.39, 0.29) is 51.6 Å². The number of H-pyrrole nitrogens is 1. The lowest BCUT2D eigenvalue weighted by molar-refractivity contribution is -0.128. The average molecular weight is 835 g/mol. The third-order valence-corrected chi connectivity index (χ3v) is 12.0. The molecular weight excluding hydrogens is 797 g/mol. The fourth-order valence-electron chi connectivity index (χ4n) is 8.05. The number of hydrogen-bond donors (Lipinski definition) is 3. The molecule has 16 heteroatoms. The first-order chi connectivity index (χ1) is 29.6. The fraction of sp³-hybridized carbons (Fsp3) is 0.178. The maximum Gasteiger partial charge on any atom is 0.350 e. The molecule has 15 nitrogen and oxygen atoms in total.